The first-order valence-electron chi connectivity index (χ1n) is 7.12. The van der Waals surface area contributed by atoms with Gasteiger partial charge < -0.3 is 9.47 Å². The van der Waals surface area contributed by atoms with Crippen molar-refractivity contribution in [3.05, 3.63) is 57.6 Å². The molecule has 0 aliphatic rings. The molecule has 0 N–H and O–H groups in total. The summed E-state index contributed by atoms with van der Waals surface area (Å²) in [6.07, 6.45) is -0.0191. The van der Waals surface area contributed by atoms with Crippen LogP contribution >= 0.6 is 15.9 Å². The number of hydrogen-bond acceptors (Lipinski definition) is 3. The summed E-state index contributed by atoms with van der Waals surface area (Å²) in [5.41, 5.74) is 2.64. The van der Waals surface area contributed by atoms with Gasteiger partial charge in [-0.05, 0) is 69.2 Å². The Labute approximate surface area is 139 Å². The molecule has 0 heterocycles. The lowest BCUT2D eigenvalue weighted by Crippen LogP contribution is -2.14. The van der Waals surface area contributed by atoms with Crippen LogP contribution in [0.5, 0.6) is 11.5 Å². The van der Waals surface area contributed by atoms with Gasteiger partial charge in [-0.1, -0.05) is 22.0 Å². The molecule has 0 saturated heterocycles. The van der Waals surface area contributed by atoms with E-state index < -0.39 is 5.97 Å². The molecule has 0 aromatic heterocycles. The fourth-order valence-corrected chi connectivity index (χ4v) is 2.32. The van der Waals surface area contributed by atoms with Crippen molar-refractivity contribution in [3.8, 4) is 11.5 Å². The summed E-state index contributed by atoms with van der Waals surface area (Å²) in [6.45, 7) is 7.84. The minimum absolute atomic E-state index is 0.0191. The average Bonchev–Trinajstić information content (AvgIpc) is 2.44. The van der Waals surface area contributed by atoms with Crippen molar-refractivity contribution in [2.75, 3.05) is 0 Å². The number of benzene rings is 2. The van der Waals surface area contributed by atoms with Gasteiger partial charge in [0.2, 0.25) is 0 Å². The highest BCUT2D eigenvalue weighted by Crippen LogP contribution is 2.26. The van der Waals surface area contributed by atoms with E-state index in [-0.39, 0.29) is 6.10 Å². The lowest BCUT2D eigenvalue weighted by molar-refractivity contribution is 0.0728. The highest BCUT2D eigenvalue weighted by atomic mass is 79.9. The van der Waals surface area contributed by atoms with Gasteiger partial charge in [0.15, 0.2) is 0 Å². The summed E-state index contributed by atoms with van der Waals surface area (Å²) < 4.78 is 12.0. The first-order valence-corrected chi connectivity index (χ1v) is 7.91. The van der Waals surface area contributed by atoms with Crippen molar-refractivity contribution in [1.82, 2.24) is 0 Å². The van der Waals surface area contributed by atoms with E-state index in [1.54, 1.807) is 18.2 Å². The fraction of sp³-hybridized carbons (Fsp3) is 0.278. The third kappa shape index (κ3) is 4.10. The first-order chi connectivity index (χ1) is 10.4. The van der Waals surface area contributed by atoms with Gasteiger partial charge in [-0.15, -0.1) is 0 Å². The van der Waals surface area contributed by atoms with Crippen LogP contribution in [0.1, 0.15) is 35.3 Å². The lowest BCUT2D eigenvalue weighted by atomic mass is 10.1. The number of esters is 1. The molecular formula is C18H19BrO3. The van der Waals surface area contributed by atoms with Gasteiger partial charge in [0.1, 0.15) is 17.1 Å². The number of rotatable bonds is 4. The van der Waals surface area contributed by atoms with Gasteiger partial charge in [-0.25, -0.2) is 4.79 Å². The summed E-state index contributed by atoms with van der Waals surface area (Å²) >= 11 is 3.37. The third-order valence-electron chi connectivity index (χ3n) is 3.21. The van der Waals surface area contributed by atoms with E-state index in [9.17, 15) is 4.79 Å². The molecular weight excluding hydrogens is 344 g/mol. The summed E-state index contributed by atoms with van der Waals surface area (Å²) in [5, 5.41) is 0. The predicted octanol–water partition coefficient (Wildman–Crippen LogP) is 5.07. The Morgan fingerprint density at radius 1 is 1.05 bits per heavy atom. The van der Waals surface area contributed by atoms with Crippen LogP contribution in [0.3, 0.4) is 0 Å². The topological polar surface area (TPSA) is 35.5 Å². The van der Waals surface area contributed by atoms with Crippen LogP contribution in [-0.2, 0) is 0 Å². The van der Waals surface area contributed by atoms with E-state index in [0.29, 0.717) is 17.1 Å². The zero-order valence-electron chi connectivity index (χ0n) is 13.1. The SMILES string of the molecule is Cc1ccc(OC(=O)c2cc(Br)ccc2OC(C)C)cc1C. The Balaban J connectivity index is 2.28. The highest BCUT2D eigenvalue weighted by Gasteiger charge is 2.17. The maximum atomic E-state index is 12.4. The molecule has 3 nitrogen and oxygen atoms in total. The van der Waals surface area contributed by atoms with Gasteiger partial charge >= 0.3 is 5.97 Å². The van der Waals surface area contributed by atoms with E-state index in [1.807, 2.05) is 45.9 Å². The number of carbonyl (C=O) groups is 1. The molecule has 0 fully saturated rings. The number of ether oxygens (including phenoxy) is 2. The van der Waals surface area contributed by atoms with E-state index in [4.69, 9.17) is 9.47 Å². The van der Waals surface area contributed by atoms with Crippen LogP contribution in [0.4, 0.5) is 0 Å². The minimum Gasteiger partial charge on any atom is -0.490 e. The number of aryl methyl sites for hydroxylation is 2. The Hall–Kier alpha value is -1.81. The van der Waals surface area contributed by atoms with Crippen LogP contribution in [0.2, 0.25) is 0 Å². The molecule has 0 amide bonds. The van der Waals surface area contributed by atoms with Crippen LogP contribution in [0, 0.1) is 13.8 Å². The van der Waals surface area contributed by atoms with Crippen LogP contribution in [0.15, 0.2) is 40.9 Å². The molecule has 4 heteroatoms. The molecule has 0 atom stereocenters. The quantitative estimate of drug-likeness (QED) is 0.562. The smallest absolute Gasteiger partial charge is 0.347 e. The van der Waals surface area contributed by atoms with Crippen molar-refractivity contribution in [2.45, 2.75) is 33.8 Å². The molecule has 2 aromatic carbocycles. The Morgan fingerprint density at radius 3 is 2.41 bits per heavy atom. The Bertz CT molecular complexity index is 693. The molecule has 0 bridgehead atoms. The van der Waals surface area contributed by atoms with Gasteiger partial charge in [0, 0.05) is 4.47 Å². The van der Waals surface area contributed by atoms with E-state index in [2.05, 4.69) is 15.9 Å². The van der Waals surface area contributed by atoms with Crippen molar-refractivity contribution in [3.63, 3.8) is 0 Å². The van der Waals surface area contributed by atoms with Crippen molar-refractivity contribution >= 4 is 21.9 Å². The maximum absolute atomic E-state index is 12.4. The minimum atomic E-state index is -0.430. The van der Waals surface area contributed by atoms with Crippen LogP contribution < -0.4 is 9.47 Å². The van der Waals surface area contributed by atoms with E-state index in [0.717, 1.165) is 15.6 Å². The molecule has 22 heavy (non-hydrogen) atoms. The second kappa shape index (κ2) is 6.97. The monoisotopic (exact) mass is 362 g/mol. The fourth-order valence-electron chi connectivity index (χ4n) is 1.96. The van der Waals surface area contributed by atoms with Crippen molar-refractivity contribution in [1.29, 1.82) is 0 Å². The molecule has 2 aromatic rings. The number of halogens is 1. The maximum Gasteiger partial charge on any atom is 0.347 e. The summed E-state index contributed by atoms with van der Waals surface area (Å²) in [6, 6.07) is 10.9. The number of carbonyl (C=O) groups excluding carboxylic acids is 1. The van der Waals surface area contributed by atoms with Crippen molar-refractivity contribution in [2.24, 2.45) is 0 Å². The van der Waals surface area contributed by atoms with Gasteiger partial charge in [-0.3, -0.25) is 0 Å². The Morgan fingerprint density at radius 2 is 1.77 bits per heavy atom. The molecule has 2 rings (SSSR count). The van der Waals surface area contributed by atoms with E-state index >= 15 is 0 Å². The zero-order chi connectivity index (χ0) is 16.3. The standard InChI is InChI=1S/C18H19BrO3/c1-11(2)21-17-8-6-14(19)10-16(17)18(20)22-15-7-5-12(3)13(4)9-15/h5-11H,1-4H3. The van der Waals surface area contributed by atoms with E-state index in [1.165, 1.54) is 0 Å². The van der Waals surface area contributed by atoms with Gasteiger partial charge in [-0.2, -0.15) is 0 Å². The summed E-state index contributed by atoms with van der Waals surface area (Å²) in [5.74, 6) is 0.621. The summed E-state index contributed by atoms with van der Waals surface area (Å²) in [7, 11) is 0. The molecule has 0 saturated carbocycles. The largest absolute Gasteiger partial charge is 0.490 e. The molecule has 0 unspecified atom stereocenters. The zero-order valence-corrected chi connectivity index (χ0v) is 14.7. The molecule has 0 radical (unpaired) electrons. The first kappa shape index (κ1) is 16.6. The molecule has 0 aliphatic carbocycles. The molecule has 0 aliphatic heterocycles. The average molecular weight is 363 g/mol. The van der Waals surface area contributed by atoms with Crippen molar-refractivity contribution < 1.29 is 14.3 Å². The highest BCUT2D eigenvalue weighted by molar-refractivity contribution is 9.10. The summed E-state index contributed by atoms with van der Waals surface area (Å²) in [4.78, 5) is 12.4. The van der Waals surface area contributed by atoms with Gasteiger partial charge in [0.05, 0.1) is 6.10 Å². The lowest BCUT2D eigenvalue weighted by Gasteiger charge is -2.14. The second-order valence-corrected chi connectivity index (χ2v) is 6.36. The molecule has 0 spiro atoms. The molecule has 116 valence electrons. The van der Waals surface area contributed by atoms with Crippen LogP contribution in [0.25, 0.3) is 0 Å². The predicted molar refractivity (Wildman–Crippen MR) is 90.8 cm³/mol. The van der Waals surface area contributed by atoms with Gasteiger partial charge in [0.25, 0.3) is 0 Å². The Kier molecular flexibility index (Phi) is 5.24. The third-order valence-corrected chi connectivity index (χ3v) is 3.71. The van der Waals surface area contributed by atoms with Crippen LogP contribution in [-0.4, -0.2) is 12.1 Å². The normalized spacial score (nSPS) is 10.6. The number of hydrogen-bond donors (Lipinski definition) is 0. The second-order valence-electron chi connectivity index (χ2n) is 5.44.